The van der Waals surface area contributed by atoms with Crippen LogP contribution in [0.15, 0.2) is 6.07 Å². The first kappa shape index (κ1) is 13.9. The molecule has 1 aromatic heterocycles. The van der Waals surface area contributed by atoms with Gasteiger partial charge in [0.1, 0.15) is 11.6 Å². The standard InChI is InChI=1S/C10H18N4O2S/c1-8-7-10(13-9(2)12-8)11-5-6-17(15,16)14(3)4/h7H,5-6H2,1-4H3,(H,11,12,13). The number of aromatic nitrogens is 2. The number of sulfonamides is 1. The molecule has 1 rings (SSSR count). The van der Waals surface area contributed by atoms with Crippen LogP contribution in [0, 0.1) is 13.8 Å². The number of anilines is 1. The Morgan fingerprint density at radius 1 is 1.29 bits per heavy atom. The minimum Gasteiger partial charge on any atom is -0.369 e. The van der Waals surface area contributed by atoms with E-state index in [2.05, 4.69) is 15.3 Å². The first-order valence-electron chi connectivity index (χ1n) is 5.27. The van der Waals surface area contributed by atoms with E-state index in [1.807, 2.05) is 6.92 Å². The molecule has 1 N–H and O–H groups in total. The first-order valence-corrected chi connectivity index (χ1v) is 6.88. The molecule has 0 saturated carbocycles. The van der Waals surface area contributed by atoms with Crippen molar-refractivity contribution in [1.29, 1.82) is 0 Å². The van der Waals surface area contributed by atoms with Gasteiger partial charge in [-0.1, -0.05) is 0 Å². The summed E-state index contributed by atoms with van der Waals surface area (Å²) in [7, 11) is -0.117. The quantitative estimate of drug-likeness (QED) is 0.827. The average molecular weight is 258 g/mol. The minimum atomic E-state index is -3.16. The van der Waals surface area contributed by atoms with Crippen LogP contribution in [-0.4, -0.2) is 49.1 Å². The van der Waals surface area contributed by atoms with E-state index in [9.17, 15) is 8.42 Å². The summed E-state index contributed by atoms with van der Waals surface area (Å²) >= 11 is 0. The molecule has 0 aromatic carbocycles. The third-order valence-corrected chi connectivity index (χ3v) is 4.02. The molecule has 6 nitrogen and oxygen atoms in total. The molecule has 0 unspecified atom stereocenters. The summed E-state index contributed by atoms with van der Waals surface area (Å²) in [6.45, 7) is 4.00. The molecule has 0 aliphatic heterocycles. The molecule has 17 heavy (non-hydrogen) atoms. The van der Waals surface area contributed by atoms with Crippen molar-refractivity contribution < 1.29 is 8.42 Å². The molecule has 1 heterocycles. The van der Waals surface area contributed by atoms with Gasteiger partial charge in [0.25, 0.3) is 0 Å². The second-order valence-corrected chi connectivity index (χ2v) is 6.27. The van der Waals surface area contributed by atoms with Gasteiger partial charge in [-0.25, -0.2) is 22.7 Å². The Hall–Kier alpha value is -1.21. The van der Waals surface area contributed by atoms with Crippen molar-refractivity contribution in [3.63, 3.8) is 0 Å². The lowest BCUT2D eigenvalue weighted by Crippen LogP contribution is -2.28. The maximum absolute atomic E-state index is 11.5. The lowest BCUT2D eigenvalue weighted by Gasteiger charge is -2.12. The van der Waals surface area contributed by atoms with Crippen LogP contribution in [0.3, 0.4) is 0 Å². The third-order valence-electron chi connectivity index (χ3n) is 2.19. The summed E-state index contributed by atoms with van der Waals surface area (Å²) in [5.41, 5.74) is 0.857. The number of rotatable bonds is 5. The highest BCUT2D eigenvalue weighted by molar-refractivity contribution is 7.89. The maximum Gasteiger partial charge on any atom is 0.215 e. The van der Waals surface area contributed by atoms with E-state index in [4.69, 9.17) is 0 Å². The number of hydrogen-bond acceptors (Lipinski definition) is 5. The molecular weight excluding hydrogens is 240 g/mol. The number of hydrogen-bond donors (Lipinski definition) is 1. The molecule has 0 saturated heterocycles. The van der Waals surface area contributed by atoms with E-state index in [1.54, 1.807) is 13.0 Å². The van der Waals surface area contributed by atoms with Crippen molar-refractivity contribution in [3.05, 3.63) is 17.6 Å². The smallest absolute Gasteiger partial charge is 0.215 e. The normalized spacial score (nSPS) is 11.8. The molecule has 0 radical (unpaired) electrons. The van der Waals surface area contributed by atoms with Crippen LogP contribution < -0.4 is 5.32 Å². The second kappa shape index (κ2) is 5.42. The third kappa shape index (κ3) is 4.27. The molecular formula is C10H18N4O2S. The Morgan fingerprint density at radius 3 is 2.47 bits per heavy atom. The SMILES string of the molecule is Cc1cc(NCCS(=O)(=O)N(C)C)nc(C)n1. The Labute approximate surface area is 102 Å². The average Bonchev–Trinajstić information content (AvgIpc) is 2.15. The zero-order valence-corrected chi connectivity index (χ0v) is 11.4. The fourth-order valence-electron chi connectivity index (χ4n) is 1.30. The second-order valence-electron chi connectivity index (χ2n) is 3.97. The van der Waals surface area contributed by atoms with E-state index in [0.717, 1.165) is 5.69 Å². The minimum absolute atomic E-state index is 0.0437. The summed E-state index contributed by atoms with van der Waals surface area (Å²) in [5, 5.41) is 2.98. The van der Waals surface area contributed by atoms with Crippen LogP contribution >= 0.6 is 0 Å². The summed E-state index contributed by atoms with van der Waals surface area (Å²) in [4.78, 5) is 8.31. The Kier molecular flexibility index (Phi) is 4.41. The van der Waals surface area contributed by atoms with Crippen molar-refractivity contribution >= 4 is 15.8 Å². The summed E-state index contributed by atoms with van der Waals surface area (Å²) in [6.07, 6.45) is 0. The van der Waals surface area contributed by atoms with Crippen molar-refractivity contribution in [2.75, 3.05) is 31.7 Å². The lowest BCUT2D eigenvalue weighted by atomic mass is 10.4. The van der Waals surface area contributed by atoms with Crippen LogP contribution in [0.1, 0.15) is 11.5 Å². The fraction of sp³-hybridized carbons (Fsp3) is 0.600. The van der Waals surface area contributed by atoms with E-state index in [-0.39, 0.29) is 5.75 Å². The molecule has 96 valence electrons. The Bertz CT molecular complexity index is 465. The van der Waals surface area contributed by atoms with Gasteiger partial charge in [-0.05, 0) is 13.8 Å². The monoisotopic (exact) mass is 258 g/mol. The molecule has 0 aliphatic carbocycles. The number of aryl methyl sites for hydroxylation is 2. The van der Waals surface area contributed by atoms with Gasteiger partial charge in [0.15, 0.2) is 0 Å². The van der Waals surface area contributed by atoms with Gasteiger partial charge in [0.2, 0.25) is 10.0 Å². The van der Waals surface area contributed by atoms with Crippen LogP contribution in [-0.2, 0) is 10.0 Å². The van der Waals surface area contributed by atoms with Gasteiger partial charge in [-0.3, -0.25) is 0 Å². The largest absolute Gasteiger partial charge is 0.369 e. The van der Waals surface area contributed by atoms with Gasteiger partial charge in [-0.15, -0.1) is 0 Å². The van der Waals surface area contributed by atoms with E-state index in [0.29, 0.717) is 18.2 Å². The summed E-state index contributed by atoms with van der Waals surface area (Å²) in [5.74, 6) is 1.37. The molecule has 7 heteroatoms. The molecule has 0 atom stereocenters. The Morgan fingerprint density at radius 2 is 1.94 bits per heavy atom. The first-order chi connectivity index (χ1) is 7.81. The van der Waals surface area contributed by atoms with Gasteiger partial charge in [0, 0.05) is 32.4 Å². The molecule has 0 amide bonds. The van der Waals surface area contributed by atoms with Crippen molar-refractivity contribution in [1.82, 2.24) is 14.3 Å². The summed E-state index contributed by atoms with van der Waals surface area (Å²) in [6, 6.07) is 1.79. The highest BCUT2D eigenvalue weighted by atomic mass is 32.2. The molecule has 0 bridgehead atoms. The molecule has 1 aromatic rings. The zero-order valence-electron chi connectivity index (χ0n) is 10.6. The van der Waals surface area contributed by atoms with Crippen LogP contribution in [0.25, 0.3) is 0 Å². The van der Waals surface area contributed by atoms with Crippen LogP contribution in [0.4, 0.5) is 5.82 Å². The van der Waals surface area contributed by atoms with Crippen molar-refractivity contribution in [2.45, 2.75) is 13.8 Å². The van der Waals surface area contributed by atoms with Gasteiger partial charge in [-0.2, -0.15) is 0 Å². The fourth-order valence-corrected chi connectivity index (χ4v) is 2.02. The zero-order chi connectivity index (χ0) is 13.1. The number of nitrogens with zero attached hydrogens (tertiary/aromatic N) is 3. The van der Waals surface area contributed by atoms with Gasteiger partial charge in [0.05, 0.1) is 5.75 Å². The van der Waals surface area contributed by atoms with Crippen molar-refractivity contribution in [2.24, 2.45) is 0 Å². The maximum atomic E-state index is 11.5. The van der Waals surface area contributed by atoms with Crippen LogP contribution in [0.5, 0.6) is 0 Å². The summed E-state index contributed by atoms with van der Waals surface area (Å²) < 4.78 is 24.2. The molecule has 0 spiro atoms. The number of nitrogens with one attached hydrogen (secondary N) is 1. The van der Waals surface area contributed by atoms with Gasteiger partial charge >= 0.3 is 0 Å². The van der Waals surface area contributed by atoms with E-state index < -0.39 is 10.0 Å². The Balaban J connectivity index is 2.57. The predicted octanol–water partition coefficient (Wildman–Crippen LogP) is 0.397. The molecule has 0 aliphatic rings. The highest BCUT2D eigenvalue weighted by Crippen LogP contribution is 2.05. The lowest BCUT2D eigenvalue weighted by molar-refractivity contribution is 0.521. The van der Waals surface area contributed by atoms with E-state index >= 15 is 0 Å². The van der Waals surface area contributed by atoms with Crippen molar-refractivity contribution in [3.8, 4) is 0 Å². The highest BCUT2D eigenvalue weighted by Gasteiger charge is 2.12. The van der Waals surface area contributed by atoms with Crippen LogP contribution in [0.2, 0.25) is 0 Å². The predicted molar refractivity (Wildman–Crippen MR) is 67.5 cm³/mol. The topological polar surface area (TPSA) is 75.2 Å². The van der Waals surface area contributed by atoms with Gasteiger partial charge < -0.3 is 5.32 Å². The van der Waals surface area contributed by atoms with E-state index in [1.165, 1.54) is 18.4 Å². The molecule has 0 fully saturated rings.